The predicted molar refractivity (Wildman–Crippen MR) is 84.0 cm³/mol. The van der Waals surface area contributed by atoms with E-state index in [9.17, 15) is 0 Å². The number of imidazole rings is 1. The molecule has 1 aromatic heterocycles. The minimum Gasteiger partial charge on any atom is -0.399 e. The van der Waals surface area contributed by atoms with E-state index in [1.54, 1.807) is 0 Å². The Labute approximate surface area is 123 Å². The first-order chi connectivity index (χ1) is 9.65. The number of aromatic nitrogens is 2. The van der Waals surface area contributed by atoms with Crippen molar-refractivity contribution in [2.45, 2.75) is 12.8 Å². The van der Waals surface area contributed by atoms with Crippen LogP contribution in [0.25, 0.3) is 11.0 Å². The van der Waals surface area contributed by atoms with Gasteiger partial charge >= 0.3 is 0 Å². The Morgan fingerprint density at radius 2 is 1.95 bits per heavy atom. The highest BCUT2D eigenvalue weighted by Gasteiger charge is 2.08. The third-order valence-electron chi connectivity index (χ3n) is 3.61. The second-order valence-corrected chi connectivity index (χ2v) is 5.36. The van der Waals surface area contributed by atoms with Crippen molar-refractivity contribution < 1.29 is 0 Å². The van der Waals surface area contributed by atoms with Crippen molar-refractivity contribution in [3.63, 3.8) is 0 Å². The molecule has 0 bridgehead atoms. The zero-order valence-electron chi connectivity index (χ0n) is 11.3. The topological polar surface area (TPSA) is 43.8 Å². The third-order valence-corrected chi connectivity index (χ3v) is 3.84. The smallest absolute Gasteiger partial charge is 0.109 e. The van der Waals surface area contributed by atoms with E-state index in [-0.39, 0.29) is 0 Å². The highest BCUT2D eigenvalue weighted by molar-refractivity contribution is 6.31. The quantitative estimate of drug-likeness (QED) is 0.747. The first kappa shape index (κ1) is 13.0. The van der Waals surface area contributed by atoms with Gasteiger partial charge in [-0.2, -0.15) is 0 Å². The molecular formula is C16H16ClN3. The van der Waals surface area contributed by atoms with E-state index in [0.717, 1.165) is 46.0 Å². The fraction of sp³-hybridized carbons (Fsp3) is 0.188. The summed E-state index contributed by atoms with van der Waals surface area (Å²) in [6, 6.07) is 13.8. The molecule has 0 unspecified atom stereocenters. The Kier molecular flexibility index (Phi) is 3.36. The lowest BCUT2D eigenvalue weighted by atomic mass is 10.1. The maximum absolute atomic E-state index is 6.01. The van der Waals surface area contributed by atoms with Crippen LogP contribution in [0.4, 0.5) is 5.69 Å². The highest BCUT2D eigenvalue weighted by atomic mass is 35.5. The van der Waals surface area contributed by atoms with Crippen LogP contribution in [-0.2, 0) is 19.9 Å². The van der Waals surface area contributed by atoms with Crippen LogP contribution in [0.15, 0.2) is 42.5 Å². The molecule has 2 N–H and O–H groups in total. The van der Waals surface area contributed by atoms with Crippen LogP contribution < -0.4 is 5.73 Å². The van der Waals surface area contributed by atoms with Crippen molar-refractivity contribution in [2.24, 2.45) is 7.05 Å². The van der Waals surface area contributed by atoms with E-state index in [1.807, 2.05) is 43.4 Å². The molecule has 0 amide bonds. The van der Waals surface area contributed by atoms with E-state index < -0.39 is 0 Å². The molecule has 0 saturated heterocycles. The van der Waals surface area contributed by atoms with Crippen LogP contribution in [0.3, 0.4) is 0 Å². The van der Waals surface area contributed by atoms with Gasteiger partial charge in [0.05, 0.1) is 11.0 Å². The number of hydrogen-bond donors (Lipinski definition) is 1. The number of benzene rings is 2. The fourth-order valence-electron chi connectivity index (χ4n) is 2.45. The molecule has 3 nitrogen and oxygen atoms in total. The van der Waals surface area contributed by atoms with Crippen molar-refractivity contribution in [3.05, 3.63) is 58.9 Å². The minimum atomic E-state index is 0.717. The maximum atomic E-state index is 6.01. The van der Waals surface area contributed by atoms with E-state index in [1.165, 1.54) is 0 Å². The molecule has 3 aromatic rings. The molecular weight excluding hydrogens is 270 g/mol. The van der Waals surface area contributed by atoms with Gasteiger partial charge < -0.3 is 10.3 Å². The largest absolute Gasteiger partial charge is 0.399 e. The SMILES string of the molecule is Cn1c(CCc2ccccc2N)nc2cc(Cl)ccc21. The fourth-order valence-corrected chi connectivity index (χ4v) is 2.62. The summed E-state index contributed by atoms with van der Waals surface area (Å²) in [5, 5.41) is 0.717. The molecule has 0 aliphatic heterocycles. The van der Waals surface area contributed by atoms with Gasteiger partial charge in [0.1, 0.15) is 5.82 Å². The van der Waals surface area contributed by atoms with Crippen molar-refractivity contribution in [1.82, 2.24) is 9.55 Å². The number of nitrogens with two attached hydrogens (primary N) is 1. The number of hydrogen-bond acceptors (Lipinski definition) is 2. The number of rotatable bonds is 3. The number of nitrogens with zero attached hydrogens (tertiary/aromatic N) is 2. The molecule has 3 rings (SSSR count). The monoisotopic (exact) mass is 285 g/mol. The van der Waals surface area contributed by atoms with Gasteiger partial charge in [0.2, 0.25) is 0 Å². The predicted octanol–water partition coefficient (Wildman–Crippen LogP) is 3.59. The summed E-state index contributed by atoms with van der Waals surface area (Å²) >= 11 is 6.01. The van der Waals surface area contributed by atoms with E-state index in [0.29, 0.717) is 0 Å². The zero-order valence-corrected chi connectivity index (χ0v) is 12.1. The number of nitrogen functional groups attached to an aromatic ring is 1. The average Bonchev–Trinajstić information content (AvgIpc) is 2.74. The highest BCUT2D eigenvalue weighted by Crippen LogP contribution is 2.21. The summed E-state index contributed by atoms with van der Waals surface area (Å²) in [6.07, 6.45) is 1.74. The van der Waals surface area contributed by atoms with E-state index in [2.05, 4.69) is 15.6 Å². The Balaban J connectivity index is 1.88. The Hall–Kier alpha value is -2.00. The summed E-state index contributed by atoms with van der Waals surface area (Å²) < 4.78 is 2.12. The van der Waals surface area contributed by atoms with Crippen LogP contribution in [0.5, 0.6) is 0 Å². The summed E-state index contributed by atoms with van der Waals surface area (Å²) in [5.41, 5.74) is 10.0. The standard InChI is InChI=1S/C16H16ClN3/c1-20-15-8-7-12(17)10-14(15)19-16(20)9-6-11-4-2-3-5-13(11)18/h2-5,7-8,10H,6,9,18H2,1H3. The van der Waals surface area contributed by atoms with Crippen molar-refractivity contribution >= 4 is 28.3 Å². The van der Waals surface area contributed by atoms with Crippen LogP contribution in [0, 0.1) is 0 Å². The lowest BCUT2D eigenvalue weighted by Gasteiger charge is -2.05. The zero-order chi connectivity index (χ0) is 14.1. The summed E-state index contributed by atoms with van der Waals surface area (Å²) in [7, 11) is 2.03. The molecule has 0 spiro atoms. The van der Waals surface area contributed by atoms with E-state index >= 15 is 0 Å². The third kappa shape index (κ3) is 2.37. The van der Waals surface area contributed by atoms with Gasteiger partial charge in [0.25, 0.3) is 0 Å². The van der Waals surface area contributed by atoms with Gasteiger partial charge in [0.15, 0.2) is 0 Å². The number of fused-ring (bicyclic) bond motifs is 1. The molecule has 0 atom stereocenters. The van der Waals surface area contributed by atoms with Crippen LogP contribution in [-0.4, -0.2) is 9.55 Å². The minimum absolute atomic E-state index is 0.717. The molecule has 2 aromatic carbocycles. The summed E-state index contributed by atoms with van der Waals surface area (Å²) in [4.78, 5) is 4.66. The van der Waals surface area contributed by atoms with Gasteiger partial charge in [0, 0.05) is 24.2 Å². The van der Waals surface area contributed by atoms with Gasteiger partial charge in [-0.25, -0.2) is 4.98 Å². The summed E-state index contributed by atoms with van der Waals surface area (Å²) in [5.74, 6) is 1.05. The number of halogens is 1. The molecule has 1 heterocycles. The van der Waals surface area contributed by atoms with Crippen LogP contribution in [0.2, 0.25) is 5.02 Å². The van der Waals surface area contributed by atoms with Crippen LogP contribution >= 0.6 is 11.6 Å². The Morgan fingerprint density at radius 3 is 2.75 bits per heavy atom. The first-order valence-corrected chi connectivity index (χ1v) is 6.97. The van der Waals surface area contributed by atoms with Gasteiger partial charge in [-0.1, -0.05) is 29.8 Å². The second-order valence-electron chi connectivity index (χ2n) is 4.92. The molecule has 0 aliphatic carbocycles. The molecule has 102 valence electrons. The number of anilines is 1. The maximum Gasteiger partial charge on any atom is 0.109 e. The number of aryl methyl sites for hydroxylation is 3. The van der Waals surface area contributed by atoms with E-state index in [4.69, 9.17) is 17.3 Å². The molecule has 4 heteroatoms. The molecule has 0 aliphatic rings. The lowest BCUT2D eigenvalue weighted by molar-refractivity contribution is 0.787. The van der Waals surface area contributed by atoms with Crippen molar-refractivity contribution in [3.8, 4) is 0 Å². The Bertz CT molecular complexity index is 762. The molecule has 0 radical (unpaired) electrons. The second kappa shape index (κ2) is 5.17. The Morgan fingerprint density at radius 1 is 1.15 bits per heavy atom. The van der Waals surface area contributed by atoms with Gasteiger partial charge in [-0.05, 0) is 36.2 Å². The summed E-state index contributed by atoms with van der Waals surface area (Å²) in [6.45, 7) is 0. The van der Waals surface area contributed by atoms with Crippen molar-refractivity contribution in [1.29, 1.82) is 0 Å². The lowest BCUT2D eigenvalue weighted by Crippen LogP contribution is -2.02. The molecule has 0 saturated carbocycles. The first-order valence-electron chi connectivity index (χ1n) is 6.59. The average molecular weight is 286 g/mol. The van der Waals surface area contributed by atoms with Crippen molar-refractivity contribution in [2.75, 3.05) is 5.73 Å². The van der Waals surface area contributed by atoms with Crippen LogP contribution in [0.1, 0.15) is 11.4 Å². The normalized spacial score (nSPS) is 11.1. The number of para-hydroxylation sites is 1. The van der Waals surface area contributed by atoms with Gasteiger partial charge in [-0.15, -0.1) is 0 Å². The van der Waals surface area contributed by atoms with Gasteiger partial charge in [-0.3, -0.25) is 0 Å². The molecule has 0 fully saturated rings. The molecule has 20 heavy (non-hydrogen) atoms.